The number of aromatic carboxylic acids is 1. The van der Waals surface area contributed by atoms with Gasteiger partial charge in [-0.25, -0.2) is 9.78 Å². The van der Waals surface area contributed by atoms with E-state index in [9.17, 15) is 15.0 Å². The van der Waals surface area contributed by atoms with Crippen LogP contribution in [0.3, 0.4) is 0 Å². The van der Waals surface area contributed by atoms with E-state index in [-0.39, 0.29) is 37.2 Å². The molecule has 0 spiro atoms. The number of nitrogens with zero attached hydrogens (tertiary/aromatic N) is 1. The fraction of sp³-hybridized carbons (Fsp3) is 0. The molecule has 0 aliphatic heterocycles. The summed E-state index contributed by atoms with van der Waals surface area (Å²) in [4.78, 5) is 15.9. The molecule has 122 valence electrons. The summed E-state index contributed by atoms with van der Waals surface area (Å²) in [7, 11) is 0. The van der Waals surface area contributed by atoms with Crippen LogP contribution in [0.2, 0.25) is 20.1 Å². The molecule has 0 saturated heterocycles. The number of carboxylic acid groups (broad SMARTS) is 1. The number of pyridine rings is 1. The predicted molar refractivity (Wildman–Crippen MR) is 95.8 cm³/mol. The first-order valence-electron chi connectivity index (χ1n) is 6.50. The van der Waals surface area contributed by atoms with Gasteiger partial charge in [-0.2, -0.15) is 0 Å². The number of carboxylic acids is 1. The van der Waals surface area contributed by atoms with Gasteiger partial charge in [-0.15, -0.1) is 0 Å². The molecule has 0 aliphatic carbocycles. The van der Waals surface area contributed by atoms with E-state index in [2.05, 4.69) is 4.98 Å². The Kier molecular flexibility index (Phi) is 4.49. The Balaban J connectivity index is 2.43. The Morgan fingerprint density at radius 1 is 0.958 bits per heavy atom. The number of carbonyl (C=O) groups is 1. The highest BCUT2D eigenvalue weighted by atomic mass is 35.5. The SMILES string of the molecule is O=C(O)c1c(O)c(-c2ccc(Cl)c(Cl)c2)nc2c(Cl)cc(Cl)cc12. The van der Waals surface area contributed by atoms with Gasteiger partial charge in [-0.3, -0.25) is 0 Å². The highest BCUT2D eigenvalue weighted by Gasteiger charge is 2.23. The lowest BCUT2D eigenvalue weighted by Gasteiger charge is -2.12. The van der Waals surface area contributed by atoms with Crippen LogP contribution in [-0.4, -0.2) is 21.2 Å². The summed E-state index contributed by atoms with van der Waals surface area (Å²) >= 11 is 23.9. The zero-order valence-electron chi connectivity index (χ0n) is 11.6. The van der Waals surface area contributed by atoms with Crippen molar-refractivity contribution in [2.75, 3.05) is 0 Å². The van der Waals surface area contributed by atoms with E-state index in [0.29, 0.717) is 10.6 Å². The van der Waals surface area contributed by atoms with Gasteiger partial charge in [0.1, 0.15) is 11.3 Å². The number of halogens is 4. The second-order valence-corrected chi connectivity index (χ2v) is 6.56. The van der Waals surface area contributed by atoms with Crippen molar-refractivity contribution in [3.05, 3.63) is 56.0 Å². The molecule has 0 saturated carbocycles. The van der Waals surface area contributed by atoms with Gasteiger partial charge in [0.2, 0.25) is 0 Å². The number of fused-ring (bicyclic) bond motifs is 1. The minimum Gasteiger partial charge on any atom is -0.505 e. The molecule has 3 rings (SSSR count). The average molecular weight is 403 g/mol. The maximum atomic E-state index is 11.6. The first-order chi connectivity index (χ1) is 11.3. The summed E-state index contributed by atoms with van der Waals surface area (Å²) in [5, 5.41) is 21.1. The van der Waals surface area contributed by atoms with Crippen molar-refractivity contribution in [3.63, 3.8) is 0 Å². The monoisotopic (exact) mass is 401 g/mol. The minimum absolute atomic E-state index is 0.0303. The van der Waals surface area contributed by atoms with Crippen LogP contribution in [0.15, 0.2) is 30.3 Å². The molecule has 0 amide bonds. The molecule has 0 radical (unpaired) electrons. The summed E-state index contributed by atoms with van der Waals surface area (Å²) in [6.45, 7) is 0. The van der Waals surface area contributed by atoms with Gasteiger partial charge < -0.3 is 10.2 Å². The smallest absolute Gasteiger partial charge is 0.340 e. The number of rotatable bonds is 2. The standard InChI is InChI=1S/C16H7Cl4NO3/c17-7-4-8-12(16(23)24)15(22)13(21-14(8)11(20)5-7)6-1-2-9(18)10(19)3-6/h1-5,22H,(H,23,24). The molecule has 0 unspecified atom stereocenters. The molecule has 4 nitrogen and oxygen atoms in total. The van der Waals surface area contributed by atoms with Gasteiger partial charge in [-0.1, -0.05) is 52.5 Å². The molecule has 2 aromatic carbocycles. The van der Waals surface area contributed by atoms with Crippen LogP contribution in [0.1, 0.15) is 10.4 Å². The van der Waals surface area contributed by atoms with Gasteiger partial charge in [0, 0.05) is 16.0 Å². The van der Waals surface area contributed by atoms with Crippen molar-refractivity contribution < 1.29 is 15.0 Å². The molecule has 8 heteroatoms. The van der Waals surface area contributed by atoms with E-state index in [1.807, 2.05) is 0 Å². The van der Waals surface area contributed by atoms with Crippen LogP contribution in [-0.2, 0) is 0 Å². The van der Waals surface area contributed by atoms with Gasteiger partial charge >= 0.3 is 5.97 Å². The molecule has 0 bridgehead atoms. The largest absolute Gasteiger partial charge is 0.505 e. The maximum absolute atomic E-state index is 11.6. The first-order valence-corrected chi connectivity index (χ1v) is 8.01. The van der Waals surface area contributed by atoms with Crippen LogP contribution in [0, 0.1) is 0 Å². The Hall–Kier alpha value is -1.72. The summed E-state index contributed by atoms with van der Waals surface area (Å²) in [5.74, 6) is -1.84. The lowest BCUT2D eigenvalue weighted by molar-refractivity contribution is 0.0696. The summed E-state index contributed by atoms with van der Waals surface area (Å²) < 4.78 is 0. The Bertz CT molecular complexity index is 1000. The van der Waals surface area contributed by atoms with Crippen molar-refractivity contribution in [2.24, 2.45) is 0 Å². The van der Waals surface area contributed by atoms with Gasteiger partial charge in [0.05, 0.1) is 20.6 Å². The fourth-order valence-electron chi connectivity index (χ4n) is 2.34. The number of hydrogen-bond acceptors (Lipinski definition) is 3. The molecule has 0 fully saturated rings. The van der Waals surface area contributed by atoms with Crippen LogP contribution >= 0.6 is 46.4 Å². The zero-order chi connectivity index (χ0) is 17.6. The number of hydrogen-bond donors (Lipinski definition) is 2. The molecule has 2 N–H and O–H groups in total. The Morgan fingerprint density at radius 2 is 1.67 bits per heavy atom. The molecular weight excluding hydrogens is 396 g/mol. The lowest BCUT2D eigenvalue weighted by atomic mass is 10.0. The van der Waals surface area contributed by atoms with Crippen LogP contribution < -0.4 is 0 Å². The number of aromatic hydroxyl groups is 1. The van der Waals surface area contributed by atoms with Gasteiger partial charge in [-0.05, 0) is 24.3 Å². The van der Waals surface area contributed by atoms with E-state index in [1.165, 1.54) is 24.3 Å². The van der Waals surface area contributed by atoms with E-state index in [4.69, 9.17) is 46.4 Å². The molecule has 0 atom stereocenters. The minimum atomic E-state index is -1.33. The van der Waals surface area contributed by atoms with Crippen LogP contribution in [0.4, 0.5) is 0 Å². The molecule has 1 heterocycles. The van der Waals surface area contributed by atoms with Crippen molar-refractivity contribution >= 4 is 63.3 Å². The van der Waals surface area contributed by atoms with Crippen LogP contribution in [0.25, 0.3) is 22.2 Å². The summed E-state index contributed by atoms with van der Waals surface area (Å²) in [6.07, 6.45) is 0. The summed E-state index contributed by atoms with van der Waals surface area (Å²) in [5.41, 5.74) is 0.294. The number of aromatic nitrogens is 1. The molecular formula is C16H7Cl4NO3. The van der Waals surface area contributed by atoms with Crippen molar-refractivity contribution in [3.8, 4) is 17.0 Å². The lowest BCUT2D eigenvalue weighted by Crippen LogP contribution is -2.02. The zero-order valence-corrected chi connectivity index (χ0v) is 14.7. The molecule has 24 heavy (non-hydrogen) atoms. The maximum Gasteiger partial charge on any atom is 0.340 e. The number of benzene rings is 2. The third-order valence-electron chi connectivity index (χ3n) is 3.39. The normalized spacial score (nSPS) is 11.0. The van der Waals surface area contributed by atoms with Gasteiger partial charge in [0.25, 0.3) is 0 Å². The predicted octanol–water partition coefficient (Wildman–Crippen LogP) is 5.92. The van der Waals surface area contributed by atoms with E-state index < -0.39 is 11.7 Å². The molecule has 1 aromatic heterocycles. The fourth-order valence-corrected chi connectivity index (χ4v) is 3.18. The topological polar surface area (TPSA) is 70.4 Å². The third-order valence-corrected chi connectivity index (χ3v) is 4.63. The van der Waals surface area contributed by atoms with Crippen molar-refractivity contribution in [1.29, 1.82) is 0 Å². The van der Waals surface area contributed by atoms with Gasteiger partial charge in [0.15, 0.2) is 5.75 Å². The first kappa shape index (κ1) is 17.1. The second kappa shape index (κ2) is 6.30. The second-order valence-electron chi connectivity index (χ2n) is 4.90. The van der Waals surface area contributed by atoms with Crippen molar-refractivity contribution in [1.82, 2.24) is 4.98 Å². The van der Waals surface area contributed by atoms with E-state index in [0.717, 1.165) is 0 Å². The third kappa shape index (κ3) is 2.87. The van der Waals surface area contributed by atoms with E-state index in [1.54, 1.807) is 6.07 Å². The highest BCUT2D eigenvalue weighted by molar-refractivity contribution is 6.42. The Labute approximate surface area is 156 Å². The molecule has 0 aliphatic rings. The van der Waals surface area contributed by atoms with E-state index >= 15 is 0 Å². The van der Waals surface area contributed by atoms with Crippen LogP contribution in [0.5, 0.6) is 5.75 Å². The quantitative estimate of drug-likeness (QED) is 0.558. The summed E-state index contributed by atoms with van der Waals surface area (Å²) in [6, 6.07) is 7.40. The molecule has 3 aromatic rings. The average Bonchev–Trinajstić information content (AvgIpc) is 2.49. The Morgan fingerprint density at radius 3 is 2.29 bits per heavy atom. The highest BCUT2D eigenvalue weighted by Crippen LogP contribution is 2.40. The van der Waals surface area contributed by atoms with Crippen molar-refractivity contribution in [2.45, 2.75) is 0 Å².